The number of aryl methyl sites for hydroxylation is 1. The van der Waals surface area contributed by atoms with E-state index in [1.54, 1.807) is 19.1 Å². The third-order valence-electron chi connectivity index (χ3n) is 2.57. The number of carbonyl (C=O) groups is 1. The highest BCUT2D eigenvalue weighted by atomic mass is 16.5. The van der Waals surface area contributed by atoms with Gasteiger partial charge < -0.3 is 19.0 Å². The number of aromatic nitrogens is 1. The normalized spacial score (nSPS) is 10.6. The fraction of sp³-hybridized carbons (Fsp3) is 0.385. The van der Waals surface area contributed by atoms with E-state index < -0.39 is 0 Å². The van der Waals surface area contributed by atoms with Crippen LogP contribution in [-0.4, -0.2) is 30.8 Å². The zero-order valence-electron chi connectivity index (χ0n) is 10.9. The van der Waals surface area contributed by atoms with Gasteiger partial charge in [-0.3, -0.25) is 4.79 Å². The third kappa shape index (κ3) is 3.03. The minimum absolute atomic E-state index is 0.246. The maximum atomic E-state index is 12.1. The Balaban J connectivity index is 2.11. The molecule has 1 amide bonds. The molecule has 6 heteroatoms. The molecule has 0 fully saturated rings. The average molecular weight is 264 g/mol. The first-order valence-electron chi connectivity index (χ1n) is 6.10. The lowest BCUT2D eigenvalue weighted by Gasteiger charge is -2.04. The zero-order valence-corrected chi connectivity index (χ0v) is 10.9. The highest BCUT2D eigenvalue weighted by molar-refractivity contribution is 6.00. The predicted octanol–water partition coefficient (Wildman–Crippen LogP) is 2.01. The summed E-state index contributed by atoms with van der Waals surface area (Å²) >= 11 is 0. The van der Waals surface area contributed by atoms with E-state index in [4.69, 9.17) is 13.7 Å². The highest BCUT2D eigenvalue weighted by Gasteiger charge is 2.23. The summed E-state index contributed by atoms with van der Waals surface area (Å²) in [6, 6.07) is 3.45. The van der Waals surface area contributed by atoms with E-state index in [9.17, 15) is 4.79 Å². The van der Waals surface area contributed by atoms with Gasteiger partial charge in [0.25, 0.3) is 5.91 Å². The van der Waals surface area contributed by atoms with Crippen LogP contribution in [0.2, 0.25) is 0 Å². The molecular weight excluding hydrogens is 248 g/mol. The van der Waals surface area contributed by atoms with Crippen LogP contribution in [0.5, 0.6) is 0 Å². The molecule has 102 valence electrons. The largest absolute Gasteiger partial charge is 0.461 e. The molecule has 0 atom stereocenters. The fourth-order valence-corrected chi connectivity index (χ4v) is 1.68. The summed E-state index contributed by atoms with van der Waals surface area (Å²) in [5.74, 6) is 0.580. The second-order valence-electron chi connectivity index (χ2n) is 3.90. The predicted molar refractivity (Wildman–Crippen MR) is 67.8 cm³/mol. The Morgan fingerprint density at radius 2 is 2.37 bits per heavy atom. The van der Waals surface area contributed by atoms with Gasteiger partial charge in [-0.2, -0.15) is 0 Å². The average Bonchev–Trinajstić information content (AvgIpc) is 3.03. The molecule has 0 aliphatic heterocycles. The maximum Gasteiger partial charge on any atom is 0.257 e. The van der Waals surface area contributed by atoms with Crippen LogP contribution in [0.1, 0.15) is 23.0 Å². The number of furan rings is 1. The topological polar surface area (TPSA) is 77.5 Å². The van der Waals surface area contributed by atoms with Gasteiger partial charge in [0.2, 0.25) is 5.76 Å². The first-order chi connectivity index (χ1) is 9.24. The van der Waals surface area contributed by atoms with Gasteiger partial charge in [-0.15, -0.1) is 0 Å². The minimum atomic E-state index is -0.246. The van der Waals surface area contributed by atoms with Crippen molar-refractivity contribution in [3.05, 3.63) is 29.7 Å². The summed E-state index contributed by atoms with van der Waals surface area (Å²) in [6.45, 7) is 5.16. The number of amides is 1. The van der Waals surface area contributed by atoms with Crippen LogP contribution in [0.15, 0.2) is 27.3 Å². The van der Waals surface area contributed by atoms with Gasteiger partial charge in [0, 0.05) is 13.2 Å². The van der Waals surface area contributed by atoms with Gasteiger partial charge in [0.15, 0.2) is 5.76 Å². The van der Waals surface area contributed by atoms with Gasteiger partial charge >= 0.3 is 0 Å². The van der Waals surface area contributed by atoms with Crippen LogP contribution in [0, 0.1) is 6.92 Å². The van der Waals surface area contributed by atoms with Crippen LogP contribution in [0.25, 0.3) is 11.5 Å². The Hall–Kier alpha value is -2.08. The number of nitrogens with one attached hydrogen (secondary N) is 1. The van der Waals surface area contributed by atoms with E-state index in [0.29, 0.717) is 42.5 Å². The Bertz CT molecular complexity index is 531. The lowest BCUT2D eigenvalue weighted by molar-refractivity contribution is 0.0922. The Labute approximate surface area is 110 Å². The van der Waals surface area contributed by atoms with Crippen molar-refractivity contribution in [1.82, 2.24) is 10.5 Å². The fourth-order valence-electron chi connectivity index (χ4n) is 1.68. The molecule has 2 aromatic rings. The van der Waals surface area contributed by atoms with Crippen molar-refractivity contribution in [3.8, 4) is 11.5 Å². The van der Waals surface area contributed by atoms with Crippen LogP contribution >= 0.6 is 0 Å². The molecule has 2 aromatic heterocycles. The summed E-state index contributed by atoms with van der Waals surface area (Å²) in [5, 5.41) is 6.57. The zero-order chi connectivity index (χ0) is 13.7. The molecule has 1 N–H and O–H groups in total. The molecule has 0 saturated carbocycles. The molecule has 19 heavy (non-hydrogen) atoms. The van der Waals surface area contributed by atoms with Crippen molar-refractivity contribution in [3.63, 3.8) is 0 Å². The van der Waals surface area contributed by atoms with E-state index in [1.807, 2.05) is 6.92 Å². The molecule has 0 unspecified atom stereocenters. The third-order valence-corrected chi connectivity index (χ3v) is 2.57. The van der Waals surface area contributed by atoms with Crippen LogP contribution in [-0.2, 0) is 4.74 Å². The number of hydrogen-bond acceptors (Lipinski definition) is 5. The summed E-state index contributed by atoms with van der Waals surface area (Å²) < 4.78 is 15.5. The SMILES string of the molecule is CCOCCNC(=O)c1c(C)noc1-c1ccco1. The van der Waals surface area contributed by atoms with E-state index in [-0.39, 0.29) is 5.91 Å². The monoisotopic (exact) mass is 264 g/mol. The second kappa shape index (κ2) is 6.19. The lowest BCUT2D eigenvalue weighted by atomic mass is 10.1. The number of ether oxygens (including phenoxy) is 1. The van der Waals surface area contributed by atoms with E-state index >= 15 is 0 Å². The second-order valence-corrected chi connectivity index (χ2v) is 3.90. The van der Waals surface area contributed by atoms with Crippen molar-refractivity contribution < 1.29 is 18.5 Å². The molecule has 0 aliphatic carbocycles. The number of nitrogens with zero attached hydrogens (tertiary/aromatic N) is 1. The molecule has 2 heterocycles. The summed E-state index contributed by atoms with van der Waals surface area (Å²) in [5.41, 5.74) is 0.923. The Morgan fingerprint density at radius 1 is 1.53 bits per heavy atom. The highest BCUT2D eigenvalue weighted by Crippen LogP contribution is 2.26. The molecule has 0 radical (unpaired) electrons. The first-order valence-corrected chi connectivity index (χ1v) is 6.10. The quantitative estimate of drug-likeness (QED) is 0.807. The van der Waals surface area contributed by atoms with Gasteiger partial charge in [-0.25, -0.2) is 0 Å². The number of hydrogen-bond donors (Lipinski definition) is 1. The Morgan fingerprint density at radius 3 is 3.05 bits per heavy atom. The van der Waals surface area contributed by atoms with Crippen LogP contribution < -0.4 is 5.32 Å². The van der Waals surface area contributed by atoms with Gasteiger partial charge in [-0.05, 0) is 26.0 Å². The molecule has 0 bridgehead atoms. The number of rotatable bonds is 6. The van der Waals surface area contributed by atoms with E-state index in [1.165, 1.54) is 6.26 Å². The van der Waals surface area contributed by atoms with Crippen molar-refractivity contribution in [2.75, 3.05) is 19.8 Å². The molecule has 2 rings (SSSR count). The van der Waals surface area contributed by atoms with E-state index in [0.717, 1.165) is 0 Å². The summed E-state index contributed by atoms with van der Waals surface area (Å²) in [6.07, 6.45) is 1.52. The van der Waals surface area contributed by atoms with Crippen molar-refractivity contribution >= 4 is 5.91 Å². The number of carbonyl (C=O) groups excluding carboxylic acids is 1. The smallest absolute Gasteiger partial charge is 0.257 e. The Kier molecular flexibility index (Phi) is 4.35. The molecule has 0 spiro atoms. The maximum absolute atomic E-state index is 12.1. The van der Waals surface area contributed by atoms with Crippen LogP contribution in [0.4, 0.5) is 0 Å². The lowest BCUT2D eigenvalue weighted by Crippen LogP contribution is -2.27. The van der Waals surface area contributed by atoms with Crippen molar-refractivity contribution in [1.29, 1.82) is 0 Å². The molecule has 0 aromatic carbocycles. The molecule has 6 nitrogen and oxygen atoms in total. The van der Waals surface area contributed by atoms with Gasteiger partial charge in [0.1, 0.15) is 5.56 Å². The van der Waals surface area contributed by atoms with Gasteiger partial charge in [0.05, 0.1) is 18.6 Å². The van der Waals surface area contributed by atoms with Crippen LogP contribution in [0.3, 0.4) is 0 Å². The molecule has 0 aliphatic rings. The van der Waals surface area contributed by atoms with Gasteiger partial charge in [-0.1, -0.05) is 5.16 Å². The molecule has 0 saturated heterocycles. The summed E-state index contributed by atoms with van der Waals surface area (Å²) in [7, 11) is 0. The minimum Gasteiger partial charge on any atom is -0.461 e. The standard InChI is InChI=1S/C13H16N2O4/c1-3-17-8-6-14-13(16)11-9(2)15-19-12(11)10-5-4-7-18-10/h4-5,7H,3,6,8H2,1-2H3,(H,14,16). The van der Waals surface area contributed by atoms with Crippen molar-refractivity contribution in [2.45, 2.75) is 13.8 Å². The first kappa shape index (κ1) is 13.4. The van der Waals surface area contributed by atoms with Crippen molar-refractivity contribution in [2.24, 2.45) is 0 Å². The molecular formula is C13H16N2O4. The summed E-state index contributed by atoms with van der Waals surface area (Å²) in [4.78, 5) is 12.1. The van der Waals surface area contributed by atoms with E-state index in [2.05, 4.69) is 10.5 Å².